The lowest BCUT2D eigenvalue weighted by atomic mass is 10.2. The molecular weight excluding hydrogens is 194 g/mol. The topological polar surface area (TPSA) is 80.7 Å². The third kappa shape index (κ3) is 2.83. The predicted molar refractivity (Wildman–Crippen MR) is 57.1 cm³/mol. The van der Waals surface area contributed by atoms with Gasteiger partial charge in [-0.25, -0.2) is 4.98 Å². The second kappa shape index (κ2) is 5.19. The zero-order chi connectivity index (χ0) is 11.3. The maximum atomic E-state index is 8.58. The summed E-state index contributed by atoms with van der Waals surface area (Å²) in [7, 11) is 0. The number of nitrogens with two attached hydrogens (primary N) is 1. The normalized spacial score (nSPS) is 13.6. The lowest BCUT2D eigenvalue weighted by Crippen LogP contribution is -2.18. The first-order valence-corrected chi connectivity index (χ1v) is 4.78. The standard InChI is InChI=1S/C10H15N3O2/c1-3-7(2)15-10-8(9(11)13-14)5-4-6-12-10/h4-7,14H,3H2,1-2H3,(H2,11,13). The number of pyridine rings is 1. The number of oxime groups is 1. The minimum Gasteiger partial charge on any atom is -0.474 e. The van der Waals surface area contributed by atoms with Gasteiger partial charge in [0.1, 0.15) is 0 Å². The molecule has 1 heterocycles. The zero-order valence-corrected chi connectivity index (χ0v) is 8.84. The van der Waals surface area contributed by atoms with Gasteiger partial charge in [-0.3, -0.25) is 0 Å². The second-order valence-electron chi connectivity index (χ2n) is 3.18. The summed E-state index contributed by atoms with van der Waals surface area (Å²) in [5.41, 5.74) is 5.99. The van der Waals surface area contributed by atoms with Crippen LogP contribution in [-0.2, 0) is 0 Å². The molecule has 0 saturated heterocycles. The number of ether oxygens (including phenoxy) is 1. The van der Waals surface area contributed by atoms with Gasteiger partial charge in [-0.2, -0.15) is 0 Å². The Hall–Kier alpha value is -1.78. The minimum atomic E-state index is 0.00130. The molecule has 3 N–H and O–H groups in total. The summed E-state index contributed by atoms with van der Waals surface area (Å²) in [5, 5.41) is 11.5. The van der Waals surface area contributed by atoms with Crippen LogP contribution in [0.2, 0.25) is 0 Å². The van der Waals surface area contributed by atoms with E-state index in [9.17, 15) is 0 Å². The Balaban J connectivity index is 2.96. The molecule has 0 bridgehead atoms. The molecule has 1 aromatic rings. The van der Waals surface area contributed by atoms with Gasteiger partial charge in [0.25, 0.3) is 0 Å². The van der Waals surface area contributed by atoms with E-state index in [1.807, 2.05) is 13.8 Å². The summed E-state index contributed by atoms with van der Waals surface area (Å²) >= 11 is 0. The summed E-state index contributed by atoms with van der Waals surface area (Å²) in [6, 6.07) is 3.40. The smallest absolute Gasteiger partial charge is 0.224 e. The highest BCUT2D eigenvalue weighted by Gasteiger charge is 2.11. The average molecular weight is 209 g/mol. The van der Waals surface area contributed by atoms with E-state index in [1.165, 1.54) is 0 Å². The largest absolute Gasteiger partial charge is 0.474 e. The zero-order valence-electron chi connectivity index (χ0n) is 8.84. The van der Waals surface area contributed by atoms with Crippen LogP contribution in [0, 0.1) is 0 Å². The Bertz CT molecular complexity index is 352. The van der Waals surface area contributed by atoms with Crippen LogP contribution in [0.5, 0.6) is 5.88 Å². The highest BCUT2D eigenvalue weighted by Crippen LogP contribution is 2.16. The van der Waals surface area contributed by atoms with Crippen LogP contribution >= 0.6 is 0 Å². The quantitative estimate of drug-likeness (QED) is 0.339. The van der Waals surface area contributed by atoms with Gasteiger partial charge >= 0.3 is 0 Å². The third-order valence-electron chi connectivity index (χ3n) is 2.04. The molecule has 5 nitrogen and oxygen atoms in total. The van der Waals surface area contributed by atoms with Crippen LogP contribution in [-0.4, -0.2) is 22.1 Å². The van der Waals surface area contributed by atoms with E-state index in [0.717, 1.165) is 6.42 Å². The van der Waals surface area contributed by atoms with Crippen molar-refractivity contribution in [3.05, 3.63) is 23.9 Å². The summed E-state index contributed by atoms with van der Waals surface area (Å²) in [5.74, 6) is 0.392. The van der Waals surface area contributed by atoms with Crippen LogP contribution in [0.25, 0.3) is 0 Å². The summed E-state index contributed by atoms with van der Waals surface area (Å²) < 4.78 is 5.53. The van der Waals surface area contributed by atoms with Crippen LogP contribution in [0.4, 0.5) is 0 Å². The fourth-order valence-corrected chi connectivity index (χ4v) is 1.01. The fourth-order valence-electron chi connectivity index (χ4n) is 1.01. The van der Waals surface area contributed by atoms with Crippen molar-refractivity contribution in [2.45, 2.75) is 26.4 Å². The first kappa shape index (κ1) is 11.3. The Morgan fingerprint density at radius 2 is 2.47 bits per heavy atom. The van der Waals surface area contributed by atoms with Crippen molar-refractivity contribution in [3.63, 3.8) is 0 Å². The van der Waals surface area contributed by atoms with E-state index in [2.05, 4.69) is 10.1 Å². The second-order valence-corrected chi connectivity index (χ2v) is 3.18. The molecule has 1 rings (SSSR count). The molecule has 82 valence electrons. The molecule has 5 heteroatoms. The number of amidine groups is 1. The van der Waals surface area contributed by atoms with E-state index < -0.39 is 0 Å². The van der Waals surface area contributed by atoms with E-state index in [-0.39, 0.29) is 11.9 Å². The minimum absolute atomic E-state index is 0.00130. The van der Waals surface area contributed by atoms with E-state index in [1.54, 1.807) is 18.3 Å². The van der Waals surface area contributed by atoms with Gasteiger partial charge in [-0.05, 0) is 25.5 Å². The Morgan fingerprint density at radius 3 is 3.07 bits per heavy atom. The fraction of sp³-hybridized carbons (Fsp3) is 0.400. The summed E-state index contributed by atoms with van der Waals surface area (Å²) in [4.78, 5) is 4.04. The summed E-state index contributed by atoms with van der Waals surface area (Å²) in [6.07, 6.45) is 2.52. The van der Waals surface area contributed by atoms with Gasteiger partial charge in [0.2, 0.25) is 5.88 Å². The number of hydrogen-bond acceptors (Lipinski definition) is 4. The molecule has 0 fully saturated rings. The maximum Gasteiger partial charge on any atom is 0.224 e. The number of hydrogen-bond donors (Lipinski definition) is 2. The van der Waals surface area contributed by atoms with Crippen molar-refractivity contribution in [2.24, 2.45) is 10.9 Å². The first-order chi connectivity index (χ1) is 7.19. The van der Waals surface area contributed by atoms with E-state index in [4.69, 9.17) is 15.7 Å². The van der Waals surface area contributed by atoms with Gasteiger partial charge in [0, 0.05) is 6.20 Å². The lowest BCUT2D eigenvalue weighted by Gasteiger charge is -2.13. The van der Waals surface area contributed by atoms with Crippen molar-refractivity contribution in [1.82, 2.24) is 4.98 Å². The van der Waals surface area contributed by atoms with Crippen molar-refractivity contribution in [1.29, 1.82) is 0 Å². The highest BCUT2D eigenvalue weighted by molar-refractivity contribution is 5.98. The van der Waals surface area contributed by atoms with Crippen LogP contribution in [0.3, 0.4) is 0 Å². The van der Waals surface area contributed by atoms with E-state index in [0.29, 0.717) is 11.4 Å². The predicted octanol–water partition coefficient (Wildman–Crippen LogP) is 1.35. The molecule has 1 unspecified atom stereocenters. The van der Waals surface area contributed by atoms with Gasteiger partial charge in [0.15, 0.2) is 5.84 Å². The molecule has 0 aliphatic carbocycles. The molecule has 15 heavy (non-hydrogen) atoms. The lowest BCUT2D eigenvalue weighted by molar-refractivity contribution is 0.208. The van der Waals surface area contributed by atoms with E-state index >= 15 is 0 Å². The van der Waals surface area contributed by atoms with Gasteiger partial charge in [0.05, 0.1) is 11.7 Å². The molecular formula is C10H15N3O2. The molecule has 0 aromatic carbocycles. The molecule has 0 aliphatic rings. The molecule has 0 aliphatic heterocycles. The van der Waals surface area contributed by atoms with Crippen LogP contribution in [0.1, 0.15) is 25.8 Å². The number of rotatable bonds is 4. The maximum absolute atomic E-state index is 8.58. The van der Waals surface area contributed by atoms with Gasteiger partial charge < -0.3 is 15.7 Å². The average Bonchev–Trinajstić information content (AvgIpc) is 2.28. The first-order valence-electron chi connectivity index (χ1n) is 4.78. The van der Waals surface area contributed by atoms with Crippen molar-refractivity contribution >= 4 is 5.84 Å². The van der Waals surface area contributed by atoms with Crippen molar-refractivity contribution in [2.75, 3.05) is 0 Å². The van der Waals surface area contributed by atoms with Gasteiger partial charge in [-0.1, -0.05) is 12.1 Å². The Morgan fingerprint density at radius 1 is 1.73 bits per heavy atom. The third-order valence-corrected chi connectivity index (χ3v) is 2.04. The molecule has 0 radical (unpaired) electrons. The van der Waals surface area contributed by atoms with Crippen molar-refractivity contribution in [3.8, 4) is 5.88 Å². The van der Waals surface area contributed by atoms with Crippen LogP contribution < -0.4 is 10.5 Å². The number of aromatic nitrogens is 1. The molecule has 1 aromatic heterocycles. The molecule has 0 saturated carbocycles. The van der Waals surface area contributed by atoms with Gasteiger partial charge in [-0.15, -0.1) is 0 Å². The Labute approximate surface area is 88.6 Å². The molecule has 0 spiro atoms. The molecule has 1 atom stereocenters. The Kier molecular flexibility index (Phi) is 3.91. The highest BCUT2D eigenvalue weighted by atomic mass is 16.5. The molecule has 0 amide bonds. The van der Waals surface area contributed by atoms with Crippen molar-refractivity contribution < 1.29 is 9.94 Å². The summed E-state index contributed by atoms with van der Waals surface area (Å²) in [6.45, 7) is 3.95. The SMILES string of the molecule is CCC(C)Oc1ncccc1C(N)=NO. The van der Waals surface area contributed by atoms with Crippen LogP contribution in [0.15, 0.2) is 23.5 Å². The monoisotopic (exact) mass is 209 g/mol. The number of nitrogens with zero attached hydrogens (tertiary/aromatic N) is 2.